The first-order valence-corrected chi connectivity index (χ1v) is 8.42. The molecule has 5 heteroatoms. The molecule has 1 aromatic heterocycles. The number of aromatic nitrogens is 1. The van der Waals surface area contributed by atoms with E-state index in [1.807, 2.05) is 72.7 Å². The Morgan fingerprint density at radius 2 is 1.12 bits per heavy atom. The predicted octanol–water partition coefficient (Wildman–Crippen LogP) is 4.66. The van der Waals surface area contributed by atoms with E-state index in [0.717, 1.165) is 11.1 Å². The van der Waals surface area contributed by atoms with E-state index in [-0.39, 0.29) is 17.4 Å². The van der Waals surface area contributed by atoms with Crippen LogP contribution < -0.4 is 0 Å². The van der Waals surface area contributed by atoms with Crippen molar-refractivity contribution in [3.8, 4) is 11.8 Å². The molecule has 0 atom stereocenters. The molecule has 2 rings (SSSR count). The second-order valence-corrected chi connectivity index (χ2v) is 8.31. The third-order valence-corrected chi connectivity index (χ3v) is 4.19. The Morgan fingerprint density at radius 3 is 1.56 bits per heavy atom. The first kappa shape index (κ1) is 19.3. The molecular formula is C20H29NO4. The van der Waals surface area contributed by atoms with E-state index < -0.39 is 11.1 Å². The van der Waals surface area contributed by atoms with Crippen LogP contribution in [0.5, 0.6) is 11.8 Å². The Kier molecular flexibility index (Phi) is 4.94. The van der Waals surface area contributed by atoms with E-state index in [2.05, 4.69) is 0 Å². The Balaban J connectivity index is 2.27. The number of nitrogens with zero attached hydrogens (tertiary/aromatic N) is 1. The van der Waals surface area contributed by atoms with Crippen LogP contribution in [0.1, 0.15) is 59.6 Å². The molecule has 5 nitrogen and oxygen atoms in total. The molecule has 2 aromatic rings. The topological polar surface area (TPSA) is 63.9 Å². The molecule has 0 amide bonds. The molecule has 0 spiro atoms. The summed E-state index contributed by atoms with van der Waals surface area (Å²) in [4.78, 5) is 11.1. The lowest BCUT2D eigenvalue weighted by atomic mass is 9.90. The van der Waals surface area contributed by atoms with Gasteiger partial charge >= 0.3 is 0 Å². The summed E-state index contributed by atoms with van der Waals surface area (Å²) in [5.74, 6) is 0.0441. The number of rotatable bonds is 5. The quantitative estimate of drug-likeness (QED) is 0.610. The van der Waals surface area contributed by atoms with Crippen LogP contribution in [-0.2, 0) is 20.9 Å². The van der Waals surface area contributed by atoms with Gasteiger partial charge in [0.05, 0.1) is 11.1 Å². The van der Waals surface area contributed by atoms with Gasteiger partial charge in [0.1, 0.15) is 5.60 Å². The summed E-state index contributed by atoms with van der Waals surface area (Å²) in [6, 6.07) is 10.8. The Hall–Kier alpha value is -1.98. The van der Waals surface area contributed by atoms with E-state index in [1.165, 1.54) is 16.7 Å². The van der Waals surface area contributed by atoms with Crippen molar-refractivity contribution in [3.05, 3.63) is 47.5 Å². The molecule has 0 saturated carbocycles. The second kappa shape index (κ2) is 6.39. The molecule has 0 bridgehead atoms. The lowest BCUT2D eigenvalue weighted by Gasteiger charge is -2.31. The largest absolute Gasteiger partial charge is 0.494 e. The van der Waals surface area contributed by atoms with Crippen LogP contribution in [-0.4, -0.2) is 20.4 Å². The van der Waals surface area contributed by atoms with Crippen LogP contribution in [0, 0.1) is 0 Å². The van der Waals surface area contributed by atoms with Gasteiger partial charge in [-0.05, 0) is 59.6 Å². The van der Waals surface area contributed by atoms with Crippen molar-refractivity contribution in [1.82, 2.24) is 4.57 Å². The summed E-state index contributed by atoms with van der Waals surface area (Å²) < 4.78 is 1.49. The van der Waals surface area contributed by atoms with Crippen LogP contribution in [0.25, 0.3) is 0 Å². The molecule has 1 aromatic carbocycles. The van der Waals surface area contributed by atoms with Crippen molar-refractivity contribution in [3.63, 3.8) is 0 Å². The number of aromatic hydroxyl groups is 2. The fourth-order valence-corrected chi connectivity index (χ4v) is 2.67. The minimum Gasteiger partial charge on any atom is -0.494 e. The van der Waals surface area contributed by atoms with Crippen LogP contribution in [0.4, 0.5) is 0 Å². The Labute approximate surface area is 149 Å². The van der Waals surface area contributed by atoms with Crippen LogP contribution in [0.15, 0.2) is 36.4 Å². The summed E-state index contributed by atoms with van der Waals surface area (Å²) >= 11 is 0. The van der Waals surface area contributed by atoms with Crippen LogP contribution in [0.3, 0.4) is 0 Å². The normalized spacial score (nSPS) is 13.2. The number of benzene rings is 1. The molecular weight excluding hydrogens is 318 g/mol. The van der Waals surface area contributed by atoms with Crippen molar-refractivity contribution in [1.29, 1.82) is 0 Å². The highest BCUT2D eigenvalue weighted by molar-refractivity contribution is 5.35. The molecule has 1 heterocycles. The van der Waals surface area contributed by atoms with Gasteiger partial charge in [-0.2, -0.15) is 0 Å². The molecule has 0 aliphatic heterocycles. The zero-order valence-electron chi connectivity index (χ0n) is 16.1. The molecule has 0 unspecified atom stereocenters. The first-order chi connectivity index (χ1) is 11.3. The highest BCUT2D eigenvalue weighted by Gasteiger charge is 2.30. The van der Waals surface area contributed by atoms with Crippen molar-refractivity contribution in [2.75, 3.05) is 0 Å². The van der Waals surface area contributed by atoms with Gasteiger partial charge < -0.3 is 10.2 Å². The number of hydrogen-bond acceptors (Lipinski definition) is 4. The SMILES string of the molecule is CC(C)(C)OOC(C)(C)c1ccc(C(C)(C)n2c(O)ccc2O)cc1. The van der Waals surface area contributed by atoms with Crippen molar-refractivity contribution >= 4 is 0 Å². The van der Waals surface area contributed by atoms with Gasteiger partial charge in [0, 0.05) is 12.1 Å². The fourth-order valence-electron chi connectivity index (χ4n) is 2.67. The summed E-state index contributed by atoms with van der Waals surface area (Å²) in [6.07, 6.45) is 0. The van der Waals surface area contributed by atoms with Crippen LogP contribution in [0.2, 0.25) is 0 Å². The predicted molar refractivity (Wildman–Crippen MR) is 97.6 cm³/mol. The summed E-state index contributed by atoms with van der Waals surface area (Å²) in [5.41, 5.74) is 0.322. The van der Waals surface area contributed by atoms with Gasteiger partial charge in [-0.1, -0.05) is 24.3 Å². The highest BCUT2D eigenvalue weighted by atomic mass is 17.2. The molecule has 0 aliphatic rings. The first-order valence-electron chi connectivity index (χ1n) is 8.42. The standard InChI is InChI=1S/C20H29NO4/c1-18(2,3)24-25-20(6,7)15-10-8-14(9-11-15)19(4,5)21-16(22)12-13-17(21)23/h8-13,22-23H,1-7H3. The summed E-state index contributed by atoms with van der Waals surface area (Å²) in [5, 5.41) is 20.0. The molecule has 0 radical (unpaired) electrons. The van der Waals surface area contributed by atoms with Crippen LogP contribution >= 0.6 is 0 Å². The average molecular weight is 347 g/mol. The van der Waals surface area contributed by atoms with Gasteiger partial charge in [0.2, 0.25) is 0 Å². The monoisotopic (exact) mass is 347 g/mol. The lowest BCUT2D eigenvalue weighted by Crippen LogP contribution is -2.29. The van der Waals surface area contributed by atoms with E-state index in [9.17, 15) is 10.2 Å². The minimum atomic E-state index is -0.608. The Morgan fingerprint density at radius 1 is 0.680 bits per heavy atom. The van der Waals surface area contributed by atoms with Gasteiger partial charge in [-0.3, -0.25) is 4.57 Å². The molecule has 25 heavy (non-hydrogen) atoms. The minimum absolute atomic E-state index is 0.0221. The van der Waals surface area contributed by atoms with Crippen molar-refractivity contribution in [2.24, 2.45) is 0 Å². The van der Waals surface area contributed by atoms with Crippen molar-refractivity contribution < 1.29 is 20.0 Å². The molecule has 138 valence electrons. The smallest absolute Gasteiger partial charge is 0.194 e. The van der Waals surface area contributed by atoms with Gasteiger partial charge in [-0.15, -0.1) is 0 Å². The summed E-state index contributed by atoms with van der Waals surface area (Å²) in [6.45, 7) is 13.6. The van der Waals surface area contributed by atoms with E-state index in [0.29, 0.717) is 0 Å². The number of hydrogen-bond donors (Lipinski definition) is 2. The maximum atomic E-state index is 10.0. The van der Waals surface area contributed by atoms with E-state index in [4.69, 9.17) is 9.78 Å². The molecule has 0 fully saturated rings. The maximum Gasteiger partial charge on any atom is 0.194 e. The van der Waals surface area contributed by atoms with Gasteiger partial charge in [0.25, 0.3) is 0 Å². The van der Waals surface area contributed by atoms with E-state index >= 15 is 0 Å². The fraction of sp³-hybridized carbons (Fsp3) is 0.500. The molecule has 2 N–H and O–H groups in total. The zero-order valence-corrected chi connectivity index (χ0v) is 16.1. The van der Waals surface area contributed by atoms with Crippen molar-refractivity contribution in [2.45, 2.75) is 65.2 Å². The lowest BCUT2D eigenvalue weighted by molar-refractivity contribution is -0.401. The molecule has 0 saturated heterocycles. The third kappa shape index (κ3) is 4.17. The average Bonchev–Trinajstić information content (AvgIpc) is 2.84. The molecule has 0 aliphatic carbocycles. The zero-order chi connectivity index (χ0) is 19.0. The van der Waals surface area contributed by atoms with E-state index in [1.54, 1.807) is 0 Å². The highest BCUT2D eigenvalue weighted by Crippen LogP contribution is 2.36. The Bertz CT molecular complexity index is 702. The third-order valence-electron chi connectivity index (χ3n) is 4.19. The summed E-state index contributed by atoms with van der Waals surface area (Å²) in [7, 11) is 0. The van der Waals surface area contributed by atoms with Gasteiger partial charge in [0.15, 0.2) is 11.8 Å². The maximum absolute atomic E-state index is 10.0. The van der Waals surface area contributed by atoms with Gasteiger partial charge in [-0.25, -0.2) is 9.78 Å². The second-order valence-electron chi connectivity index (χ2n) is 8.31.